The van der Waals surface area contributed by atoms with Crippen molar-refractivity contribution in [3.8, 4) is 0 Å². The number of rotatable bonds is 4. The van der Waals surface area contributed by atoms with E-state index in [1.807, 2.05) is 43.3 Å². The molecule has 20 heavy (non-hydrogen) atoms. The number of aryl methyl sites for hydroxylation is 2. The summed E-state index contributed by atoms with van der Waals surface area (Å²) in [7, 11) is 0. The van der Waals surface area contributed by atoms with Crippen molar-refractivity contribution in [2.75, 3.05) is 0 Å². The number of nitrogens with zero attached hydrogens (tertiary/aromatic N) is 1. The molecule has 0 radical (unpaired) electrons. The lowest BCUT2D eigenvalue weighted by Gasteiger charge is -2.12. The van der Waals surface area contributed by atoms with Crippen LogP contribution < -0.4 is 0 Å². The smallest absolute Gasteiger partial charge is 0.187 e. The van der Waals surface area contributed by atoms with Crippen LogP contribution in [0.5, 0.6) is 0 Å². The summed E-state index contributed by atoms with van der Waals surface area (Å²) in [6, 6.07) is 13.2. The van der Waals surface area contributed by atoms with Crippen molar-refractivity contribution in [1.82, 2.24) is 0 Å². The van der Waals surface area contributed by atoms with Gasteiger partial charge in [-0.3, -0.25) is 0 Å². The highest BCUT2D eigenvalue weighted by Gasteiger charge is 2.09. The Balaban J connectivity index is 2.05. The first kappa shape index (κ1) is 14.6. The van der Waals surface area contributed by atoms with Gasteiger partial charge in [0, 0.05) is 5.02 Å². The van der Waals surface area contributed by atoms with E-state index in [-0.39, 0.29) is 0 Å². The molecule has 0 bridgehead atoms. The molecule has 0 amide bonds. The molecule has 0 saturated heterocycles. The van der Waals surface area contributed by atoms with Crippen LogP contribution in [0.1, 0.15) is 29.2 Å². The summed E-state index contributed by atoms with van der Waals surface area (Å²) in [5, 5.41) is 11.0. The molecule has 3 heteroatoms. The predicted octanol–water partition coefficient (Wildman–Crippen LogP) is 4.87. The zero-order chi connectivity index (χ0) is 14.5. The highest BCUT2D eigenvalue weighted by atomic mass is 35.5. The van der Waals surface area contributed by atoms with E-state index in [4.69, 9.17) is 18.2 Å². The quantitative estimate of drug-likeness (QED) is 0.797. The first-order valence-corrected chi connectivity index (χ1v) is 6.88. The molecule has 0 aromatic heterocycles. The topological polar surface area (TPSA) is 24.6 Å². The van der Waals surface area contributed by atoms with E-state index in [0.29, 0.717) is 12.1 Å². The first-order chi connectivity index (χ1) is 9.58. The van der Waals surface area contributed by atoms with Crippen LogP contribution in [0, 0.1) is 13.5 Å². The van der Waals surface area contributed by atoms with Crippen LogP contribution in [0.3, 0.4) is 0 Å². The van der Waals surface area contributed by atoms with Crippen LogP contribution in [-0.2, 0) is 6.42 Å². The summed E-state index contributed by atoms with van der Waals surface area (Å²) in [6.45, 7) is 9.00. The van der Waals surface area contributed by atoms with Gasteiger partial charge < -0.3 is 5.11 Å². The largest absolute Gasteiger partial charge is 0.388 e. The van der Waals surface area contributed by atoms with Gasteiger partial charge in [-0.2, -0.15) is 0 Å². The van der Waals surface area contributed by atoms with Crippen LogP contribution in [0.25, 0.3) is 4.85 Å². The molecule has 0 heterocycles. The van der Waals surface area contributed by atoms with Crippen molar-refractivity contribution in [1.29, 1.82) is 0 Å². The molecule has 2 nitrogen and oxygen atoms in total. The minimum absolute atomic E-state index is 0.550. The molecule has 1 N–H and O–H groups in total. The fourth-order valence-electron chi connectivity index (χ4n) is 2.17. The van der Waals surface area contributed by atoms with Crippen molar-refractivity contribution in [2.45, 2.75) is 25.9 Å². The molecular weight excluding hydrogens is 270 g/mol. The Labute approximate surface area is 124 Å². The zero-order valence-electron chi connectivity index (χ0n) is 11.3. The lowest BCUT2D eigenvalue weighted by atomic mass is 9.99. The minimum atomic E-state index is -0.550. The highest BCUT2D eigenvalue weighted by Crippen LogP contribution is 2.25. The summed E-state index contributed by atoms with van der Waals surface area (Å²) in [5.41, 5.74) is 3.53. The third kappa shape index (κ3) is 3.84. The molecule has 102 valence electrons. The van der Waals surface area contributed by atoms with Gasteiger partial charge in [-0.25, -0.2) is 4.85 Å². The number of aliphatic hydroxyl groups excluding tert-OH is 1. The summed E-state index contributed by atoms with van der Waals surface area (Å²) < 4.78 is 0. The van der Waals surface area contributed by atoms with E-state index < -0.39 is 6.10 Å². The fraction of sp³-hybridized carbons (Fsp3) is 0.235. The predicted molar refractivity (Wildman–Crippen MR) is 82.2 cm³/mol. The van der Waals surface area contributed by atoms with Gasteiger partial charge in [0.15, 0.2) is 5.69 Å². The Bertz CT molecular complexity index is 628. The van der Waals surface area contributed by atoms with E-state index in [1.54, 1.807) is 6.07 Å². The molecule has 0 aliphatic heterocycles. The van der Waals surface area contributed by atoms with Gasteiger partial charge in [-0.1, -0.05) is 47.5 Å². The Kier molecular flexibility index (Phi) is 4.79. The summed E-state index contributed by atoms with van der Waals surface area (Å²) in [4.78, 5) is 3.43. The third-order valence-corrected chi connectivity index (χ3v) is 3.47. The average molecular weight is 286 g/mol. The van der Waals surface area contributed by atoms with Crippen LogP contribution in [0.2, 0.25) is 5.02 Å². The lowest BCUT2D eigenvalue weighted by molar-refractivity contribution is 0.168. The van der Waals surface area contributed by atoms with E-state index in [2.05, 4.69) is 4.85 Å². The number of benzene rings is 2. The number of hydrogen-bond donors (Lipinski definition) is 1. The van der Waals surface area contributed by atoms with Crippen LogP contribution >= 0.6 is 11.6 Å². The van der Waals surface area contributed by atoms with E-state index in [9.17, 15) is 5.11 Å². The first-order valence-electron chi connectivity index (χ1n) is 6.50. The Morgan fingerprint density at radius 2 is 1.90 bits per heavy atom. The van der Waals surface area contributed by atoms with Crippen molar-refractivity contribution >= 4 is 17.3 Å². The second kappa shape index (κ2) is 6.56. The van der Waals surface area contributed by atoms with Gasteiger partial charge >= 0.3 is 0 Å². The third-order valence-electron chi connectivity index (χ3n) is 3.22. The molecule has 0 fully saturated rings. The molecule has 0 spiro atoms. The molecule has 1 unspecified atom stereocenters. The number of hydrogen-bond acceptors (Lipinski definition) is 1. The van der Waals surface area contributed by atoms with Crippen molar-refractivity contribution in [3.05, 3.63) is 75.6 Å². The van der Waals surface area contributed by atoms with E-state index in [0.717, 1.165) is 28.1 Å². The van der Waals surface area contributed by atoms with Crippen LogP contribution in [0.4, 0.5) is 5.69 Å². The van der Waals surface area contributed by atoms with Gasteiger partial charge in [0.25, 0.3) is 0 Å². The van der Waals surface area contributed by atoms with Gasteiger partial charge in [0.2, 0.25) is 0 Å². The summed E-state index contributed by atoms with van der Waals surface area (Å²) in [5.74, 6) is 0. The van der Waals surface area contributed by atoms with Gasteiger partial charge in [-0.15, -0.1) is 0 Å². The SMILES string of the molecule is [C-]#[N+]c1cc(C)cc(C(O)CCc2ccc(Cl)cc2)c1. The Morgan fingerprint density at radius 1 is 1.20 bits per heavy atom. The molecule has 0 aliphatic rings. The van der Waals surface area contributed by atoms with Crippen LogP contribution in [-0.4, -0.2) is 5.11 Å². The molecule has 2 rings (SSSR count). The average Bonchev–Trinajstić information content (AvgIpc) is 2.45. The zero-order valence-corrected chi connectivity index (χ0v) is 12.1. The molecule has 2 aromatic rings. The van der Waals surface area contributed by atoms with E-state index >= 15 is 0 Å². The molecule has 0 saturated carbocycles. The molecule has 2 aromatic carbocycles. The van der Waals surface area contributed by atoms with Crippen molar-refractivity contribution in [3.63, 3.8) is 0 Å². The second-order valence-corrected chi connectivity index (χ2v) is 5.33. The van der Waals surface area contributed by atoms with Gasteiger partial charge in [0.1, 0.15) is 0 Å². The lowest BCUT2D eigenvalue weighted by Crippen LogP contribution is -2.00. The highest BCUT2D eigenvalue weighted by molar-refractivity contribution is 6.30. The van der Waals surface area contributed by atoms with Crippen molar-refractivity contribution < 1.29 is 5.11 Å². The van der Waals surface area contributed by atoms with Crippen LogP contribution in [0.15, 0.2) is 42.5 Å². The summed E-state index contributed by atoms with van der Waals surface area (Å²) >= 11 is 5.84. The Hall–Kier alpha value is -1.82. The molecular formula is C17H16ClNO. The van der Waals surface area contributed by atoms with Gasteiger partial charge in [0.05, 0.1) is 12.7 Å². The van der Waals surface area contributed by atoms with Crippen molar-refractivity contribution in [2.24, 2.45) is 0 Å². The monoisotopic (exact) mass is 285 g/mol. The number of halogens is 1. The maximum Gasteiger partial charge on any atom is 0.187 e. The fourth-order valence-corrected chi connectivity index (χ4v) is 2.30. The molecule has 0 aliphatic carbocycles. The van der Waals surface area contributed by atoms with Gasteiger partial charge in [-0.05, 0) is 43.0 Å². The number of aliphatic hydroxyl groups is 1. The van der Waals surface area contributed by atoms with E-state index in [1.165, 1.54) is 0 Å². The molecule has 1 atom stereocenters. The standard InChI is InChI=1S/C17H16ClNO/c1-12-9-14(11-16(10-12)19-2)17(20)8-5-13-3-6-15(18)7-4-13/h3-4,6-7,9-11,17,20H,5,8H2,1H3. The Morgan fingerprint density at radius 3 is 2.55 bits per heavy atom. The summed E-state index contributed by atoms with van der Waals surface area (Å²) in [6.07, 6.45) is 0.855. The normalized spacial score (nSPS) is 11.9. The second-order valence-electron chi connectivity index (χ2n) is 4.89. The minimum Gasteiger partial charge on any atom is -0.388 e. The maximum atomic E-state index is 10.3. The maximum absolute atomic E-state index is 10.3.